The van der Waals surface area contributed by atoms with Gasteiger partial charge in [-0.2, -0.15) is 0 Å². The Hall–Kier alpha value is -2.63. The number of hydrogen-bond acceptors (Lipinski definition) is 3. The van der Waals surface area contributed by atoms with Crippen LogP contribution in [0.15, 0.2) is 40.8 Å². The van der Waals surface area contributed by atoms with Gasteiger partial charge in [0, 0.05) is 32.1 Å². The van der Waals surface area contributed by atoms with Gasteiger partial charge in [0.25, 0.3) is 5.91 Å². The number of benzene rings is 1. The van der Waals surface area contributed by atoms with Crippen molar-refractivity contribution in [3.05, 3.63) is 48.0 Å². The first-order valence-corrected chi connectivity index (χ1v) is 9.56. The fourth-order valence-corrected chi connectivity index (χ4v) is 3.94. The van der Waals surface area contributed by atoms with Crippen LogP contribution in [-0.4, -0.2) is 47.8 Å². The molecule has 0 atom stereocenters. The SMILES string of the molecule is O=C(c1ccc(-c2ccccc2F)o1)N1CCC(C(=O)N2CCCC2)CC1. The van der Waals surface area contributed by atoms with E-state index >= 15 is 0 Å². The van der Waals surface area contributed by atoms with Crippen molar-refractivity contribution < 1.29 is 18.4 Å². The summed E-state index contributed by atoms with van der Waals surface area (Å²) >= 11 is 0. The Balaban J connectivity index is 1.38. The maximum Gasteiger partial charge on any atom is 0.289 e. The molecule has 4 rings (SSSR count). The number of rotatable bonds is 3. The Morgan fingerprint density at radius 1 is 0.926 bits per heavy atom. The number of nitrogens with zero attached hydrogens (tertiary/aromatic N) is 2. The maximum absolute atomic E-state index is 13.9. The molecule has 3 heterocycles. The summed E-state index contributed by atoms with van der Waals surface area (Å²) in [7, 11) is 0. The Bertz CT molecular complexity index is 833. The van der Waals surface area contributed by atoms with Crippen molar-refractivity contribution >= 4 is 11.8 Å². The van der Waals surface area contributed by atoms with Crippen LogP contribution in [0.2, 0.25) is 0 Å². The van der Waals surface area contributed by atoms with Gasteiger partial charge in [0.15, 0.2) is 5.76 Å². The summed E-state index contributed by atoms with van der Waals surface area (Å²) in [6.07, 6.45) is 3.54. The van der Waals surface area contributed by atoms with Crippen LogP contribution in [0.3, 0.4) is 0 Å². The number of piperidine rings is 1. The number of carbonyl (C=O) groups is 2. The van der Waals surface area contributed by atoms with Gasteiger partial charge in [0.1, 0.15) is 11.6 Å². The Morgan fingerprint density at radius 3 is 2.33 bits per heavy atom. The van der Waals surface area contributed by atoms with E-state index in [0.717, 1.165) is 25.9 Å². The standard InChI is InChI=1S/C21H23FN2O3/c22-17-6-2-1-5-16(17)18-7-8-19(27-18)21(26)24-13-9-15(10-14-24)20(25)23-11-3-4-12-23/h1-2,5-8,15H,3-4,9-14H2. The molecule has 0 spiro atoms. The van der Waals surface area contributed by atoms with Crippen LogP contribution in [0.5, 0.6) is 0 Å². The fraction of sp³-hybridized carbons (Fsp3) is 0.429. The van der Waals surface area contributed by atoms with Gasteiger partial charge in [0.05, 0.1) is 5.56 Å². The first-order valence-electron chi connectivity index (χ1n) is 9.56. The van der Waals surface area contributed by atoms with E-state index in [0.29, 0.717) is 37.3 Å². The molecular weight excluding hydrogens is 347 g/mol. The zero-order valence-corrected chi connectivity index (χ0v) is 15.2. The quantitative estimate of drug-likeness (QED) is 0.830. The fourth-order valence-electron chi connectivity index (χ4n) is 3.94. The van der Waals surface area contributed by atoms with Crippen molar-refractivity contribution in [3.63, 3.8) is 0 Å². The van der Waals surface area contributed by atoms with Gasteiger partial charge in [-0.3, -0.25) is 9.59 Å². The molecule has 2 aliphatic rings. The van der Waals surface area contributed by atoms with Crippen molar-refractivity contribution in [1.82, 2.24) is 9.80 Å². The van der Waals surface area contributed by atoms with E-state index in [2.05, 4.69) is 0 Å². The number of furan rings is 1. The zero-order chi connectivity index (χ0) is 18.8. The van der Waals surface area contributed by atoms with E-state index in [1.807, 2.05) is 4.90 Å². The molecule has 142 valence electrons. The van der Waals surface area contributed by atoms with Crippen LogP contribution < -0.4 is 0 Å². The van der Waals surface area contributed by atoms with Gasteiger partial charge in [-0.05, 0) is 49.9 Å². The minimum absolute atomic E-state index is 0.0118. The van der Waals surface area contributed by atoms with Gasteiger partial charge in [-0.25, -0.2) is 4.39 Å². The third kappa shape index (κ3) is 3.61. The van der Waals surface area contributed by atoms with Gasteiger partial charge in [-0.1, -0.05) is 12.1 Å². The second-order valence-electron chi connectivity index (χ2n) is 7.24. The summed E-state index contributed by atoms with van der Waals surface area (Å²) in [6.45, 7) is 2.81. The van der Waals surface area contributed by atoms with Crippen molar-refractivity contribution in [3.8, 4) is 11.3 Å². The molecular formula is C21H23FN2O3. The molecule has 6 heteroatoms. The predicted molar refractivity (Wildman–Crippen MR) is 98.5 cm³/mol. The monoisotopic (exact) mass is 370 g/mol. The van der Waals surface area contributed by atoms with Crippen molar-refractivity contribution in [2.75, 3.05) is 26.2 Å². The summed E-state index contributed by atoms with van der Waals surface area (Å²) in [5.41, 5.74) is 0.339. The minimum atomic E-state index is -0.382. The maximum atomic E-state index is 13.9. The summed E-state index contributed by atoms with van der Waals surface area (Å²) in [6, 6.07) is 9.53. The van der Waals surface area contributed by atoms with Crippen LogP contribution in [0, 0.1) is 11.7 Å². The molecule has 27 heavy (non-hydrogen) atoms. The minimum Gasteiger partial charge on any atom is -0.451 e. The van der Waals surface area contributed by atoms with E-state index in [9.17, 15) is 14.0 Å². The second kappa shape index (κ2) is 7.55. The lowest BCUT2D eigenvalue weighted by molar-refractivity contribution is -0.135. The highest BCUT2D eigenvalue weighted by molar-refractivity contribution is 5.92. The molecule has 0 bridgehead atoms. The van der Waals surface area contributed by atoms with E-state index < -0.39 is 0 Å². The lowest BCUT2D eigenvalue weighted by Gasteiger charge is -2.32. The van der Waals surface area contributed by atoms with Gasteiger partial charge < -0.3 is 14.2 Å². The summed E-state index contributed by atoms with van der Waals surface area (Å²) in [5, 5.41) is 0. The molecule has 2 aliphatic heterocycles. The van der Waals surface area contributed by atoms with Crippen LogP contribution in [0.4, 0.5) is 4.39 Å². The third-order valence-electron chi connectivity index (χ3n) is 5.51. The molecule has 0 radical (unpaired) electrons. The average molecular weight is 370 g/mol. The van der Waals surface area contributed by atoms with Crippen molar-refractivity contribution in [2.45, 2.75) is 25.7 Å². The highest BCUT2D eigenvalue weighted by Crippen LogP contribution is 2.27. The van der Waals surface area contributed by atoms with E-state index in [1.165, 1.54) is 6.07 Å². The number of carbonyl (C=O) groups excluding carboxylic acids is 2. The van der Waals surface area contributed by atoms with E-state index in [4.69, 9.17) is 4.42 Å². The van der Waals surface area contributed by atoms with Crippen LogP contribution in [0.25, 0.3) is 11.3 Å². The third-order valence-corrected chi connectivity index (χ3v) is 5.51. The lowest BCUT2D eigenvalue weighted by Crippen LogP contribution is -2.43. The predicted octanol–water partition coefficient (Wildman–Crippen LogP) is 3.56. The van der Waals surface area contributed by atoms with Gasteiger partial charge in [0.2, 0.25) is 5.91 Å². The molecule has 2 aromatic rings. The van der Waals surface area contributed by atoms with E-state index in [-0.39, 0.29) is 29.3 Å². The molecule has 0 aliphatic carbocycles. The zero-order valence-electron chi connectivity index (χ0n) is 15.2. The first-order chi connectivity index (χ1) is 13.1. The second-order valence-corrected chi connectivity index (χ2v) is 7.24. The highest BCUT2D eigenvalue weighted by atomic mass is 19.1. The topological polar surface area (TPSA) is 53.8 Å². The molecule has 1 aromatic carbocycles. The normalized spacial score (nSPS) is 18.1. The summed E-state index contributed by atoms with van der Waals surface area (Å²) in [4.78, 5) is 28.9. The van der Waals surface area contributed by atoms with Crippen molar-refractivity contribution in [2.24, 2.45) is 5.92 Å². The number of likely N-dealkylation sites (tertiary alicyclic amines) is 2. The van der Waals surface area contributed by atoms with Gasteiger partial charge in [-0.15, -0.1) is 0 Å². The number of amides is 2. The molecule has 2 amide bonds. The molecule has 1 aromatic heterocycles. The highest BCUT2D eigenvalue weighted by Gasteiger charge is 2.32. The van der Waals surface area contributed by atoms with Crippen LogP contribution in [-0.2, 0) is 4.79 Å². The molecule has 0 N–H and O–H groups in total. The first kappa shape index (κ1) is 17.8. The Morgan fingerprint density at radius 2 is 1.63 bits per heavy atom. The average Bonchev–Trinajstić information content (AvgIpc) is 3.39. The number of halogens is 1. The number of hydrogen-bond donors (Lipinski definition) is 0. The smallest absolute Gasteiger partial charge is 0.289 e. The van der Waals surface area contributed by atoms with Gasteiger partial charge >= 0.3 is 0 Å². The Labute approximate surface area is 157 Å². The summed E-state index contributed by atoms with van der Waals surface area (Å²) in [5.74, 6) is 0.210. The van der Waals surface area contributed by atoms with Crippen LogP contribution >= 0.6 is 0 Å². The molecule has 2 fully saturated rings. The van der Waals surface area contributed by atoms with Crippen LogP contribution in [0.1, 0.15) is 36.2 Å². The van der Waals surface area contributed by atoms with Crippen molar-refractivity contribution in [1.29, 1.82) is 0 Å². The van der Waals surface area contributed by atoms with E-state index in [1.54, 1.807) is 35.2 Å². The lowest BCUT2D eigenvalue weighted by atomic mass is 9.95. The summed E-state index contributed by atoms with van der Waals surface area (Å²) < 4.78 is 19.5. The molecule has 2 saturated heterocycles. The molecule has 5 nitrogen and oxygen atoms in total. The molecule has 0 saturated carbocycles. The molecule has 0 unspecified atom stereocenters. The largest absolute Gasteiger partial charge is 0.451 e. The Kier molecular flexibility index (Phi) is 4.97.